The fourth-order valence-electron chi connectivity index (χ4n) is 2.55. The molecule has 3 aromatic rings. The quantitative estimate of drug-likeness (QED) is 0.716. The van der Waals surface area contributed by atoms with Gasteiger partial charge in [0.05, 0.1) is 21.8 Å². The molecular formula is C18H18N4O3S. The SMILES string of the molecule is Cc1cnc(Cc2cccc(S(=O)(=O)NC(=O)c3cc[nH]c3)c2C)cn1. The Labute approximate surface area is 151 Å². The second-order valence-electron chi connectivity index (χ2n) is 5.90. The van der Waals surface area contributed by atoms with Gasteiger partial charge >= 0.3 is 0 Å². The maximum absolute atomic E-state index is 12.6. The third kappa shape index (κ3) is 3.80. The Morgan fingerprint density at radius 3 is 2.62 bits per heavy atom. The Hall–Kier alpha value is -3.00. The van der Waals surface area contributed by atoms with Gasteiger partial charge in [0.25, 0.3) is 15.9 Å². The second-order valence-corrected chi connectivity index (χ2v) is 7.55. The summed E-state index contributed by atoms with van der Waals surface area (Å²) in [5, 5.41) is 0. The van der Waals surface area contributed by atoms with Crippen molar-refractivity contribution in [2.75, 3.05) is 0 Å². The van der Waals surface area contributed by atoms with Gasteiger partial charge in [0.1, 0.15) is 0 Å². The van der Waals surface area contributed by atoms with Crippen molar-refractivity contribution < 1.29 is 13.2 Å². The number of aryl methyl sites for hydroxylation is 1. The average molecular weight is 370 g/mol. The number of amides is 1. The lowest BCUT2D eigenvalue weighted by molar-refractivity contribution is 0.0981. The zero-order valence-corrected chi connectivity index (χ0v) is 15.2. The van der Waals surface area contributed by atoms with Crippen LogP contribution in [0.1, 0.15) is 32.9 Å². The highest BCUT2D eigenvalue weighted by molar-refractivity contribution is 7.90. The minimum absolute atomic E-state index is 0.0685. The molecule has 0 radical (unpaired) electrons. The van der Waals surface area contributed by atoms with Crippen molar-refractivity contribution in [3.05, 3.63) is 77.1 Å². The number of rotatable bonds is 5. The van der Waals surface area contributed by atoms with E-state index in [2.05, 4.69) is 19.7 Å². The van der Waals surface area contributed by atoms with Crippen LogP contribution in [-0.4, -0.2) is 29.3 Å². The van der Waals surface area contributed by atoms with Crippen molar-refractivity contribution in [3.63, 3.8) is 0 Å². The number of hydrogen-bond donors (Lipinski definition) is 2. The number of nitrogens with one attached hydrogen (secondary N) is 2. The summed E-state index contributed by atoms with van der Waals surface area (Å²) in [6.07, 6.45) is 6.78. The first kappa shape index (κ1) is 17.8. The molecule has 1 amide bonds. The lowest BCUT2D eigenvalue weighted by Crippen LogP contribution is -2.31. The van der Waals surface area contributed by atoms with Crippen LogP contribution in [0.2, 0.25) is 0 Å². The van der Waals surface area contributed by atoms with Crippen LogP contribution in [0.5, 0.6) is 0 Å². The Bertz CT molecular complexity index is 1030. The monoisotopic (exact) mass is 370 g/mol. The van der Waals surface area contributed by atoms with Crippen LogP contribution in [0.3, 0.4) is 0 Å². The van der Waals surface area contributed by atoms with Gasteiger partial charge in [0.2, 0.25) is 0 Å². The summed E-state index contributed by atoms with van der Waals surface area (Å²) in [6.45, 7) is 3.56. The summed E-state index contributed by atoms with van der Waals surface area (Å²) in [5.74, 6) is -0.680. The molecule has 2 N–H and O–H groups in total. The molecule has 0 unspecified atom stereocenters. The highest BCUT2D eigenvalue weighted by Crippen LogP contribution is 2.21. The van der Waals surface area contributed by atoms with Crippen molar-refractivity contribution in [3.8, 4) is 0 Å². The van der Waals surface area contributed by atoms with E-state index in [1.165, 1.54) is 18.3 Å². The Balaban J connectivity index is 1.88. The predicted octanol–water partition coefficient (Wildman–Crippen LogP) is 2.13. The maximum atomic E-state index is 12.6. The molecule has 1 aromatic carbocycles. The van der Waals surface area contributed by atoms with E-state index in [4.69, 9.17) is 0 Å². The molecule has 0 aliphatic rings. The van der Waals surface area contributed by atoms with E-state index < -0.39 is 15.9 Å². The summed E-state index contributed by atoms with van der Waals surface area (Å²) in [7, 11) is -3.99. The third-order valence-corrected chi connectivity index (χ3v) is 5.45. The van der Waals surface area contributed by atoms with Crippen LogP contribution in [0.4, 0.5) is 0 Å². The molecule has 26 heavy (non-hydrogen) atoms. The molecule has 8 heteroatoms. The lowest BCUT2D eigenvalue weighted by Gasteiger charge is -2.12. The molecule has 0 spiro atoms. The van der Waals surface area contributed by atoms with Crippen LogP contribution >= 0.6 is 0 Å². The Morgan fingerprint density at radius 1 is 1.15 bits per heavy atom. The predicted molar refractivity (Wildman–Crippen MR) is 96.2 cm³/mol. The smallest absolute Gasteiger partial charge is 0.266 e. The zero-order chi connectivity index (χ0) is 18.7. The first-order valence-corrected chi connectivity index (χ1v) is 9.41. The second kappa shape index (κ2) is 7.09. The largest absolute Gasteiger partial charge is 0.367 e. The number of aromatic amines is 1. The van der Waals surface area contributed by atoms with Gasteiger partial charge < -0.3 is 4.98 Å². The zero-order valence-electron chi connectivity index (χ0n) is 14.4. The normalized spacial score (nSPS) is 11.3. The summed E-state index contributed by atoms with van der Waals surface area (Å²) in [6, 6.07) is 6.47. The van der Waals surface area contributed by atoms with E-state index in [0.717, 1.165) is 17.0 Å². The fourth-order valence-corrected chi connectivity index (χ4v) is 3.81. The van der Waals surface area contributed by atoms with Crippen molar-refractivity contribution in [2.45, 2.75) is 25.2 Å². The van der Waals surface area contributed by atoms with Gasteiger partial charge in [-0.25, -0.2) is 13.1 Å². The van der Waals surface area contributed by atoms with Crippen LogP contribution in [0.15, 0.2) is 53.9 Å². The van der Waals surface area contributed by atoms with Crippen molar-refractivity contribution in [1.82, 2.24) is 19.7 Å². The Kier molecular flexibility index (Phi) is 4.85. The molecule has 0 fully saturated rings. The molecule has 0 bridgehead atoms. The highest BCUT2D eigenvalue weighted by atomic mass is 32.2. The topological polar surface area (TPSA) is 105 Å². The molecule has 0 aliphatic carbocycles. The van der Waals surface area contributed by atoms with Gasteiger partial charge in [0, 0.05) is 31.2 Å². The van der Waals surface area contributed by atoms with Crippen LogP contribution in [0.25, 0.3) is 0 Å². The van der Waals surface area contributed by atoms with E-state index in [1.807, 2.05) is 13.0 Å². The molecule has 134 valence electrons. The van der Waals surface area contributed by atoms with E-state index in [0.29, 0.717) is 12.0 Å². The average Bonchev–Trinajstić information content (AvgIpc) is 3.13. The first-order valence-electron chi connectivity index (χ1n) is 7.93. The molecule has 0 saturated carbocycles. The molecule has 2 heterocycles. The number of carbonyl (C=O) groups is 1. The van der Waals surface area contributed by atoms with Crippen molar-refractivity contribution in [1.29, 1.82) is 0 Å². The van der Waals surface area contributed by atoms with Gasteiger partial charge in [-0.2, -0.15) is 0 Å². The van der Waals surface area contributed by atoms with Gasteiger partial charge in [-0.1, -0.05) is 12.1 Å². The van der Waals surface area contributed by atoms with Gasteiger partial charge in [0.15, 0.2) is 0 Å². The van der Waals surface area contributed by atoms with E-state index in [1.54, 1.807) is 31.6 Å². The molecular weight excluding hydrogens is 352 g/mol. The van der Waals surface area contributed by atoms with E-state index in [-0.39, 0.29) is 10.5 Å². The third-order valence-electron chi connectivity index (χ3n) is 3.98. The molecule has 0 atom stereocenters. The number of sulfonamides is 1. The number of nitrogens with zero attached hydrogens (tertiary/aromatic N) is 2. The van der Waals surface area contributed by atoms with Crippen molar-refractivity contribution in [2.24, 2.45) is 0 Å². The van der Waals surface area contributed by atoms with Gasteiger partial charge in [-0.05, 0) is 37.1 Å². The number of hydrogen-bond acceptors (Lipinski definition) is 5. The van der Waals surface area contributed by atoms with Crippen LogP contribution < -0.4 is 4.72 Å². The van der Waals surface area contributed by atoms with E-state index >= 15 is 0 Å². The summed E-state index contributed by atoms with van der Waals surface area (Å²) >= 11 is 0. The first-order chi connectivity index (χ1) is 12.4. The molecule has 3 rings (SSSR count). The van der Waals surface area contributed by atoms with Crippen LogP contribution in [-0.2, 0) is 16.4 Å². The minimum atomic E-state index is -3.99. The van der Waals surface area contributed by atoms with Gasteiger partial charge in [-0.15, -0.1) is 0 Å². The van der Waals surface area contributed by atoms with E-state index in [9.17, 15) is 13.2 Å². The number of carbonyl (C=O) groups excluding carboxylic acids is 1. The number of H-pyrrole nitrogens is 1. The van der Waals surface area contributed by atoms with Crippen molar-refractivity contribution >= 4 is 15.9 Å². The maximum Gasteiger partial charge on any atom is 0.266 e. The molecule has 0 saturated heterocycles. The number of aromatic nitrogens is 3. The standard InChI is InChI=1S/C18H18N4O3S/c1-12-9-21-16(11-20-12)8-14-4-3-5-17(13(14)2)26(24,25)22-18(23)15-6-7-19-10-15/h3-7,9-11,19H,8H2,1-2H3,(H,22,23). The number of benzene rings is 1. The summed E-state index contributed by atoms with van der Waals surface area (Å²) < 4.78 is 27.4. The molecule has 2 aromatic heterocycles. The summed E-state index contributed by atoms with van der Waals surface area (Å²) in [4.78, 5) is 23.4. The summed E-state index contributed by atoms with van der Waals surface area (Å²) in [5.41, 5.74) is 3.18. The fraction of sp³-hybridized carbons (Fsp3) is 0.167. The Morgan fingerprint density at radius 2 is 1.96 bits per heavy atom. The molecule has 0 aliphatic heterocycles. The van der Waals surface area contributed by atoms with Gasteiger partial charge in [-0.3, -0.25) is 14.8 Å². The van der Waals surface area contributed by atoms with Crippen LogP contribution in [0, 0.1) is 13.8 Å². The minimum Gasteiger partial charge on any atom is -0.367 e. The lowest BCUT2D eigenvalue weighted by atomic mass is 10.0. The highest BCUT2D eigenvalue weighted by Gasteiger charge is 2.22. The molecule has 7 nitrogen and oxygen atoms in total.